The third-order valence-electron chi connectivity index (χ3n) is 3.01. The Kier molecular flexibility index (Phi) is 5.39. The Morgan fingerprint density at radius 2 is 1.57 bits per heavy atom. The smallest absolute Gasteiger partial charge is 0.240 e. The number of hydrogen-bond acceptors (Lipinski definition) is 3. The van der Waals surface area contributed by atoms with Gasteiger partial charge in [0.25, 0.3) is 0 Å². The zero-order valence-electron chi connectivity index (χ0n) is 11.5. The van der Waals surface area contributed by atoms with Crippen molar-refractivity contribution in [2.45, 2.75) is 16.8 Å². The highest BCUT2D eigenvalue weighted by Gasteiger charge is 2.13. The molecule has 0 fully saturated rings. The van der Waals surface area contributed by atoms with Gasteiger partial charge in [-0.15, -0.1) is 0 Å². The first-order valence-corrected chi connectivity index (χ1v) is 8.93. The van der Waals surface area contributed by atoms with E-state index in [0.29, 0.717) is 5.75 Å². The van der Waals surface area contributed by atoms with Gasteiger partial charge in [0.1, 0.15) is 5.75 Å². The standard InChI is InChI=1S/C15H16BrNO3S/c1-20-14-6-8-15(9-7-14)21(18,19)17-11-13-4-2-12(10-16)3-5-13/h2-9,17H,10-11H2,1H3. The summed E-state index contributed by atoms with van der Waals surface area (Å²) in [4.78, 5) is 0.223. The molecule has 0 bridgehead atoms. The number of nitrogens with one attached hydrogen (secondary N) is 1. The van der Waals surface area contributed by atoms with Crippen molar-refractivity contribution in [1.82, 2.24) is 4.72 Å². The summed E-state index contributed by atoms with van der Waals surface area (Å²) in [5.74, 6) is 0.624. The highest BCUT2D eigenvalue weighted by molar-refractivity contribution is 9.08. The molecule has 0 aliphatic heterocycles. The number of sulfonamides is 1. The van der Waals surface area contributed by atoms with E-state index in [0.717, 1.165) is 16.5 Å². The molecule has 0 heterocycles. The van der Waals surface area contributed by atoms with E-state index in [2.05, 4.69) is 20.7 Å². The van der Waals surface area contributed by atoms with Crippen molar-refractivity contribution >= 4 is 26.0 Å². The van der Waals surface area contributed by atoms with Crippen LogP contribution >= 0.6 is 15.9 Å². The number of methoxy groups -OCH3 is 1. The molecule has 0 aromatic heterocycles. The molecule has 21 heavy (non-hydrogen) atoms. The molecule has 0 radical (unpaired) electrons. The Morgan fingerprint density at radius 3 is 2.10 bits per heavy atom. The SMILES string of the molecule is COc1ccc(S(=O)(=O)NCc2ccc(CBr)cc2)cc1. The number of benzene rings is 2. The highest BCUT2D eigenvalue weighted by Crippen LogP contribution is 2.16. The van der Waals surface area contributed by atoms with Crippen molar-refractivity contribution in [3.05, 3.63) is 59.7 Å². The zero-order valence-corrected chi connectivity index (χ0v) is 13.9. The minimum atomic E-state index is -3.51. The maximum Gasteiger partial charge on any atom is 0.240 e. The fourth-order valence-electron chi connectivity index (χ4n) is 1.76. The average molecular weight is 370 g/mol. The second kappa shape index (κ2) is 7.06. The molecule has 6 heteroatoms. The Balaban J connectivity index is 2.05. The lowest BCUT2D eigenvalue weighted by molar-refractivity contribution is 0.414. The lowest BCUT2D eigenvalue weighted by Crippen LogP contribution is -2.23. The molecule has 4 nitrogen and oxygen atoms in total. The maximum atomic E-state index is 12.2. The van der Waals surface area contributed by atoms with E-state index in [1.807, 2.05) is 24.3 Å². The molecular formula is C15H16BrNO3S. The number of rotatable bonds is 6. The van der Waals surface area contributed by atoms with Gasteiger partial charge in [-0.2, -0.15) is 0 Å². The van der Waals surface area contributed by atoms with Gasteiger partial charge in [0.05, 0.1) is 12.0 Å². The van der Waals surface area contributed by atoms with Crippen LogP contribution in [0.1, 0.15) is 11.1 Å². The molecule has 2 aromatic carbocycles. The van der Waals surface area contributed by atoms with Gasteiger partial charge < -0.3 is 4.74 Å². The molecular weight excluding hydrogens is 354 g/mol. The van der Waals surface area contributed by atoms with Crippen molar-refractivity contribution < 1.29 is 13.2 Å². The van der Waals surface area contributed by atoms with E-state index in [1.165, 1.54) is 12.1 Å². The molecule has 0 atom stereocenters. The van der Waals surface area contributed by atoms with Gasteiger partial charge in [-0.3, -0.25) is 0 Å². The van der Waals surface area contributed by atoms with Crippen LogP contribution in [0.15, 0.2) is 53.4 Å². The molecule has 2 aromatic rings. The average Bonchev–Trinajstić information content (AvgIpc) is 2.53. The van der Waals surface area contributed by atoms with Gasteiger partial charge in [-0.05, 0) is 35.4 Å². The second-order valence-electron chi connectivity index (χ2n) is 4.45. The highest BCUT2D eigenvalue weighted by atomic mass is 79.9. The molecule has 1 N–H and O–H groups in total. The number of alkyl halides is 1. The summed E-state index contributed by atoms with van der Waals surface area (Å²) in [5, 5.41) is 0.783. The minimum absolute atomic E-state index is 0.223. The normalized spacial score (nSPS) is 11.3. The van der Waals surface area contributed by atoms with E-state index in [9.17, 15) is 8.42 Å². The monoisotopic (exact) mass is 369 g/mol. The maximum absolute atomic E-state index is 12.2. The molecule has 0 amide bonds. The van der Waals surface area contributed by atoms with Crippen molar-refractivity contribution in [2.75, 3.05) is 7.11 Å². The van der Waals surface area contributed by atoms with Gasteiger partial charge in [0.15, 0.2) is 0 Å². The molecule has 0 saturated carbocycles. The van der Waals surface area contributed by atoms with Crippen molar-refractivity contribution in [3.8, 4) is 5.75 Å². The predicted molar refractivity (Wildman–Crippen MR) is 86.1 cm³/mol. The summed E-state index contributed by atoms with van der Waals surface area (Å²) < 4.78 is 31.9. The van der Waals surface area contributed by atoms with Crippen LogP contribution in [-0.2, 0) is 21.9 Å². The van der Waals surface area contributed by atoms with Crippen LogP contribution in [0.3, 0.4) is 0 Å². The van der Waals surface area contributed by atoms with Crippen LogP contribution in [-0.4, -0.2) is 15.5 Å². The minimum Gasteiger partial charge on any atom is -0.497 e. The Hall–Kier alpha value is -1.37. The van der Waals surface area contributed by atoms with Crippen LogP contribution in [0.5, 0.6) is 5.75 Å². The molecule has 0 aliphatic rings. The van der Waals surface area contributed by atoms with E-state index < -0.39 is 10.0 Å². The van der Waals surface area contributed by atoms with E-state index in [1.54, 1.807) is 19.2 Å². The Labute approximate surface area is 133 Å². The topological polar surface area (TPSA) is 55.4 Å². The zero-order chi connectivity index (χ0) is 15.3. The molecule has 0 saturated heterocycles. The van der Waals surface area contributed by atoms with E-state index >= 15 is 0 Å². The van der Waals surface area contributed by atoms with E-state index in [-0.39, 0.29) is 11.4 Å². The Bertz CT molecular complexity index is 682. The van der Waals surface area contributed by atoms with Crippen LogP contribution in [0.25, 0.3) is 0 Å². The van der Waals surface area contributed by atoms with Crippen molar-refractivity contribution in [3.63, 3.8) is 0 Å². The fourth-order valence-corrected chi connectivity index (χ4v) is 3.15. The van der Waals surface area contributed by atoms with Gasteiger partial charge in [-0.1, -0.05) is 40.2 Å². The molecule has 2 rings (SSSR count). The quantitative estimate of drug-likeness (QED) is 0.796. The summed E-state index contributed by atoms with van der Waals surface area (Å²) in [5.41, 5.74) is 2.06. The molecule has 0 unspecified atom stereocenters. The second-order valence-corrected chi connectivity index (χ2v) is 6.78. The molecule has 112 valence electrons. The van der Waals surface area contributed by atoms with Gasteiger partial charge in [0.2, 0.25) is 10.0 Å². The Morgan fingerprint density at radius 1 is 1.00 bits per heavy atom. The predicted octanol–water partition coefficient (Wildman–Crippen LogP) is 3.07. The summed E-state index contributed by atoms with van der Waals surface area (Å²) in [6.45, 7) is 0.261. The first kappa shape index (κ1) is 16.0. The number of ether oxygens (including phenoxy) is 1. The van der Waals surface area contributed by atoms with Crippen molar-refractivity contribution in [1.29, 1.82) is 0 Å². The fraction of sp³-hybridized carbons (Fsp3) is 0.200. The lowest BCUT2D eigenvalue weighted by atomic mass is 10.2. The van der Waals surface area contributed by atoms with Crippen LogP contribution in [0.4, 0.5) is 0 Å². The summed E-state index contributed by atoms with van der Waals surface area (Å²) >= 11 is 3.37. The summed E-state index contributed by atoms with van der Waals surface area (Å²) in [6.07, 6.45) is 0. The molecule has 0 aliphatic carbocycles. The third-order valence-corrected chi connectivity index (χ3v) is 5.08. The largest absolute Gasteiger partial charge is 0.497 e. The van der Waals surface area contributed by atoms with Crippen LogP contribution < -0.4 is 9.46 Å². The first-order chi connectivity index (χ1) is 10.0. The lowest BCUT2D eigenvalue weighted by Gasteiger charge is -2.08. The van der Waals surface area contributed by atoms with Gasteiger partial charge in [0, 0.05) is 11.9 Å². The summed E-state index contributed by atoms with van der Waals surface area (Å²) in [6, 6.07) is 14.0. The van der Waals surface area contributed by atoms with Crippen molar-refractivity contribution in [2.24, 2.45) is 0 Å². The van der Waals surface area contributed by atoms with Gasteiger partial charge >= 0.3 is 0 Å². The molecule has 0 spiro atoms. The number of halogens is 1. The third kappa shape index (κ3) is 4.30. The number of hydrogen-bond donors (Lipinski definition) is 1. The summed E-state index contributed by atoms with van der Waals surface area (Å²) in [7, 11) is -1.97. The van der Waals surface area contributed by atoms with Gasteiger partial charge in [-0.25, -0.2) is 13.1 Å². The van der Waals surface area contributed by atoms with Crippen LogP contribution in [0.2, 0.25) is 0 Å². The first-order valence-electron chi connectivity index (χ1n) is 6.32. The van der Waals surface area contributed by atoms with E-state index in [4.69, 9.17) is 4.74 Å². The van der Waals surface area contributed by atoms with Crippen LogP contribution in [0, 0.1) is 0 Å².